The van der Waals surface area contributed by atoms with Gasteiger partial charge in [0.05, 0.1) is 0 Å². The molecule has 0 nitrogen and oxygen atoms in total. The van der Waals surface area contributed by atoms with Gasteiger partial charge in [-0.2, -0.15) is 12.6 Å². The summed E-state index contributed by atoms with van der Waals surface area (Å²) in [6.07, 6.45) is 18.4. The van der Waals surface area contributed by atoms with Crippen molar-refractivity contribution in [1.82, 2.24) is 0 Å². The maximum Gasteiger partial charge on any atom is 0.00545 e. The van der Waals surface area contributed by atoms with E-state index in [-0.39, 0.29) is 0 Å². The highest BCUT2D eigenvalue weighted by Gasteiger charge is 2.58. The molecule has 3 fully saturated rings. The third-order valence-corrected chi connectivity index (χ3v) is 10.7. The minimum atomic E-state index is 0.504. The first-order valence-electron chi connectivity index (χ1n) is 12.6. The minimum absolute atomic E-state index is 0.504. The van der Waals surface area contributed by atoms with Crippen LogP contribution in [0.1, 0.15) is 105 Å². The standard InChI is InChI=1S/C27H46S/c1-18(2)7-6-8-19(3)23-11-12-24-22-10-9-20-17-21(28)13-15-26(20,4)25(22)14-16-27(23,24)5/h9,18-19,21-25,28H,6-8,10-17H2,1-5H3/t19-,21-,22+,23-,24+,25+,26-,27+/m0/s1. The molecule has 0 N–H and O–H groups in total. The van der Waals surface area contributed by atoms with Crippen LogP contribution in [0, 0.1) is 46.3 Å². The van der Waals surface area contributed by atoms with E-state index < -0.39 is 0 Å². The molecule has 8 atom stereocenters. The van der Waals surface area contributed by atoms with E-state index in [2.05, 4.69) is 40.7 Å². The maximum absolute atomic E-state index is 4.84. The van der Waals surface area contributed by atoms with Gasteiger partial charge in [0.25, 0.3) is 0 Å². The molecule has 0 aliphatic heterocycles. The van der Waals surface area contributed by atoms with Crippen molar-refractivity contribution in [3.63, 3.8) is 0 Å². The molecule has 0 spiro atoms. The number of hydrogen-bond acceptors (Lipinski definition) is 1. The average molecular weight is 403 g/mol. The summed E-state index contributed by atoms with van der Waals surface area (Å²) in [6, 6.07) is 0. The van der Waals surface area contributed by atoms with Crippen LogP contribution in [0.3, 0.4) is 0 Å². The second-order valence-electron chi connectivity index (χ2n) is 12.2. The summed E-state index contributed by atoms with van der Waals surface area (Å²) in [5, 5.41) is 0.618. The predicted octanol–water partition coefficient (Wildman–Crippen LogP) is 8.33. The summed E-state index contributed by atoms with van der Waals surface area (Å²) in [5.74, 6) is 5.70. The maximum atomic E-state index is 4.84. The highest BCUT2D eigenvalue weighted by molar-refractivity contribution is 7.80. The van der Waals surface area contributed by atoms with Gasteiger partial charge in [0, 0.05) is 5.25 Å². The van der Waals surface area contributed by atoms with Crippen LogP contribution in [-0.2, 0) is 0 Å². The normalized spacial score (nSPS) is 46.5. The van der Waals surface area contributed by atoms with Crippen LogP contribution in [0.15, 0.2) is 11.6 Å². The molecule has 0 aromatic carbocycles. The van der Waals surface area contributed by atoms with Crippen LogP contribution in [0.4, 0.5) is 0 Å². The van der Waals surface area contributed by atoms with Crippen LogP contribution >= 0.6 is 12.6 Å². The fourth-order valence-electron chi connectivity index (χ4n) is 8.67. The van der Waals surface area contributed by atoms with Gasteiger partial charge in [-0.15, -0.1) is 0 Å². The Hall–Kier alpha value is 0.0900. The van der Waals surface area contributed by atoms with E-state index in [0.717, 1.165) is 35.5 Å². The summed E-state index contributed by atoms with van der Waals surface area (Å²) in [7, 11) is 0. The Bertz CT molecular complexity index is 591. The zero-order valence-corrected chi connectivity index (χ0v) is 20.2. The van der Waals surface area contributed by atoms with Gasteiger partial charge >= 0.3 is 0 Å². The van der Waals surface area contributed by atoms with Gasteiger partial charge in [0.15, 0.2) is 0 Å². The first-order valence-corrected chi connectivity index (χ1v) is 13.1. The lowest BCUT2D eigenvalue weighted by atomic mass is 9.47. The van der Waals surface area contributed by atoms with Crippen LogP contribution < -0.4 is 0 Å². The summed E-state index contributed by atoms with van der Waals surface area (Å²) >= 11 is 4.84. The lowest BCUT2D eigenvalue weighted by Gasteiger charge is -2.58. The van der Waals surface area contributed by atoms with E-state index in [1.165, 1.54) is 70.6 Å². The second-order valence-corrected chi connectivity index (χ2v) is 12.9. The van der Waals surface area contributed by atoms with E-state index in [1.807, 2.05) is 0 Å². The molecule has 0 radical (unpaired) electrons. The molecule has 0 unspecified atom stereocenters. The van der Waals surface area contributed by atoms with Crippen molar-refractivity contribution >= 4 is 12.6 Å². The van der Waals surface area contributed by atoms with Crippen molar-refractivity contribution in [2.75, 3.05) is 0 Å². The molecule has 0 bridgehead atoms. The Labute approximate surface area is 181 Å². The largest absolute Gasteiger partial charge is 0.176 e. The van der Waals surface area contributed by atoms with Gasteiger partial charge in [-0.3, -0.25) is 0 Å². The van der Waals surface area contributed by atoms with Crippen LogP contribution in [-0.4, -0.2) is 5.25 Å². The molecule has 1 heteroatoms. The smallest absolute Gasteiger partial charge is 0.00545 e. The van der Waals surface area contributed by atoms with E-state index >= 15 is 0 Å². The summed E-state index contributed by atoms with van der Waals surface area (Å²) in [5.41, 5.74) is 2.92. The number of thiol groups is 1. The molecular weight excluding hydrogens is 356 g/mol. The van der Waals surface area contributed by atoms with Gasteiger partial charge in [0.1, 0.15) is 0 Å². The zero-order valence-electron chi connectivity index (χ0n) is 19.3. The van der Waals surface area contributed by atoms with Gasteiger partial charge in [-0.05, 0) is 97.7 Å². The molecule has 0 amide bonds. The molecule has 4 aliphatic rings. The van der Waals surface area contributed by atoms with Crippen molar-refractivity contribution in [2.45, 2.75) is 110 Å². The molecular formula is C27H46S. The van der Waals surface area contributed by atoms with Crippen molar-refractivity contribution in [3.05, 3.63) is 11.6 Å². The lowest BCUT2D eigenvalue weighted by molar-refractivity contribution is -0.0497. The number of rotatable bonds is 5. The number of fused-ring (bicyclic) bond motifs is 5. The van der Waals surface area contributed by atoms with Crippen molar-refractivity contribution in [3.8, 4) is 0 Å². The molecule has 0 saturated heterocycles. The fourth-order valence-corrected chi connectivity index (χ4v) is 8.99. The molecule has 0 aromatic heterocycles. The molecule has 3 saturated carbocycles. The second kappa shape index (κ2) is 7.97. The van der Waals surface area contributed by atoms with E-state index in [0.29, 0.717) is 16.1 Å². The quantitative estimate of drug-likeness (QED) is 0.347. The molecule has 4 aliphatic carbocycles. The van der Waals surface area contributed by atoms with E-state index in [4.69, 9.17) is 12.6 Å². The highest BCUT2D eigenvalue weighted by Crippen LogP contribution is 2.67. The van der Waals surface area contributed by atoms with Crippen LogP contribution in [0.5, 0.6) is 0 Å². The minimum Gasteiger partial charge on any atom is -0.176 e. The van der Waals surface area contributed by atoms with Crippen LogP contribution in [0.25, 0.3) is 0 Å². The number of hydrogen-bond donors (Lipinski definition) is 1. The third-order valence-electron chi connectivity index (χ3n) is 10.3. The first kappa shape index (κ1) is 21.3. The van der Waals surface area contributed by atoms with E-state index in [1.54, 1.807) is 5.57 Å². The summed E-state index contributed by atoms with van der Waals surface area (Å²) < 4.78 is 0. The SMILES string of the molecule is CC(C)CCC[C@H](C)[C@@H]1CC[C@@H]2[C@H]3CC=C4C[C@@H](S)CC[C@]4(C)[C@@H]3CC[C@@]21C. The predicted molar refractivity (Wildman–Crippen MR) is 126 cm³/mol. The van der Waals surface area contributed by atoms with Crippen molar-refractivity contribution in [1.29, 1.82) is 0 Å². The molecule has 0 heterocycles. The Balaban J connectivity index is 1.49. The van der Waals surface area contributed by atoms with Gasteiger partial charge < -0.3 is 0 Å². The first-order chi connectivity index (χ1) is 13.3. The molecule has 28 heavy (non-hydrogen) atoms. The van der Waals surface area contributed by atoms with Gasteiger partial charge in [-0.25, -0.2) is 0 Å². The van der Waals surface area contributed by atoms with Gasteiger partial charge in [0.2, 0.25) is 0 Å². The zero-order chi connectivity index (χ0) is 20.1. The van der Waals surface area contributed by atoms with Crippen LogP contribution in [0.2, 0.25) is 0 Å². The Morgan fingerprint density at radius 1 is 1.00 bits per heavy atom. The topological polar surface area (TPSA) is 0 Å². The summed E-state index contributed by atoms with van der Waals surface area (Å²) in [4.78, 5) is 0. The van der Waals surface area contributed by atoms with Gasteiger partial charge in [-0.1, -0.05) is 65.5 Å². The van der Waals surface area contributed by atoms with Crippen molar-refractivity contribution < 1.29 is 0 Å². The average Bonchev–Trinajstić information content (AvgIpc) is 2.99. The Morgan fingerprint density at radius 3 is 2.54 bits per heavy atom. The Kier molecular flexibility index (Phi) is 6.07. The number of allylic oxidation sites excluding steroid dienone is 2. The monoisotopic (exact) mass is 402 g/mol. The third kappa shape index (κ3) is 3.54. The summed E-state index contributed by atoms with van der Waals surface area (Å²) in [6.45, 7) is 12.7. The Morgan fingerprint density at radius 2 is 1.79 bits per heavy atom. The highest BCUT2D eigenvalue weighted by atomic mass is 32.1. The molecule has 4 rings (SSSR count). The molecule has 0 aromatic rings. The van der Waals surface area contributed by atoms with Crippen molar-refractivity contribution in [2.24, 2.45) is 46.3 Å². The fraction of sp³-hybridized carbons (Fsp3) is 0.926. The lowest BCUT2D eigenvalue weighted by Crippen LogP contribution is -2.50. The van der Waals surface area contributed by atoms with E-state index in [9.17, 15) is 0 Å². The molecule has 160 valence electrons.